The van der Waals surface area contributed by atoms with Crippen molar-refractivity contribution in [3.8, 4) is 17.2 Å². The van der Waals surface area contributed by atoms with Gasteiger partial charge >= 0.3 is 6.09 Å². The first-order chi connectivity index (χ1) is 17.7. The van der Waals surface area contributed by atoms with E-state index < -0.39 is 17.7 Å². The lowest BCUT2D eigenvalue weighted by Gasteiger charge is -2.27. The smallest absolute Gasteiger partial charge is 0.408 e. The van der Waals surface area contributed by atoms with Crippen LogP contribution in [0.2, 0.25) is 5.02 Å². The predicted molar refractivity (Wildman–Crippen MR) is 147 cm³/mol. The molecule has 202 valence electrons. The molecule has 0 saturated heterocycles. The van der Waals surface area contributed by atoms with E-state index in [1.54, 1.807) is 49.9 Å². The van der Waals surface area contributed by atoms with Gasteiger partial charge in [0.15, 0.2) is 0 Å². The van der Waals surface area contributed by atoms with E-state index in [2.05, 4.69) is 15.5 Å². The first-order valence-electron chi connectivity index (χ1n) is 12.1. The first kappa shape index (κ1) is 27.8. The number of hydrogen-bond donors (Lipinski definition) is 2. The van der Waals surface area contributed by atoms with Gasteiger partial charge in [-0.05, 0) is 50.6 Å². The number of benzene rings is 2. The number of phenols is 1. The molecule has 0 spiro atoms. The average molecular weight is 559 g/mol. The van der Waals surface area contributed by atoms with Crippen molar-refractivity contribution in [3.63, 3.8) is 0 Å². The van der Waals surface area contributed by atoms with Crippen LogP contribution in [0.15, 0.2) is 45.7 Å². The molecule has 4 rings (SSSR count). The van der Waals surface area contributed by atoms with Crippen molar-refractivity contribution >= 4 is 41.1 Å². The van der Waals surface area contributed by atoms with Gasteiger partial charge in [0.1, 0.15) is 17.4 Å². The fraction of sp³-hybridized carbons (Fsp3) is 0.407. The number of carbonyl (C=O) groups excluding carboxylic acids is 2. The van der Waals surface area contributed by atoms with Crippen LogP contribution in [0.4, 0.5) is 10.5 Å². The topological polar surface area (TPSA) is 118 Å². The lowest BCUT2D eigenvalue weighted by molar-refractivity contribution is -0.120. The van der Waals surface area contributed by atoms with Gasteiger partial charge in [-0.3, -0.25) is 4.79 Å². The number of phenolic OH excluding ortho intramolecular Hbond substituents is 1. The van der Waals surface area contributed by atoms with Crippen molar-refractivity contribution in [1.82, 2.24) is 15.5 Å². The summed E-state index contributed by atoms with van der Waals surface area (Å²) in [5.41, 5.74) is 0.596. The second-order valence-electron chi connectivity index (χ2n) is 11.1. The highest BCUT2D eigenvalue weighted by Gasteiger charge is 2.34. The molecule has 2 N–H and O–H groups in total. The van der Waals surface area contributed by atoms with Crippen molar-refractivity contribution in [3.05, 3.63) is 52.9 Å². The Balaban J connectivity index is 1.75. The van der Waals surface area contributed by atoms with E-state index in [0.29, 0.717) is 27.1 Å². The van der Waals surface area contributed by atoms with Gasteiger partial charge in [0.05, 0.1) is 17.8 Å². The summed E-state index contributed by atoms with van der Waals surface area (Å²) < 4.78 is 11.3. The molecular formula is C27H31ClN4O5S. The third kappa shape index (κ3) is 6.42. The number of aromatic hydroxyl groups is 1. The van der Waals surface area contributed by atoms with Gasteiger partial charge in [0, 0.05) is 21.1 Å². The number of carbonyl (C=O) groups is 2. The van der Waals surface area contributed by atoms with Crippen LogP contribution in [0.3, 0.4) is 0 Å². The quantitative estimate of drug-likeness (QED) is 0.405. The van der Waals surface area contributed by atoms with Gasteiger partial charge in [-0.25, -0.2) is 4.79 Å². The number of aromatic nitrogens is 2. The Morgan fingerprint density at radius 2 is 1.87 bits per heavy atom. The molecule has 0 unspecified atom stereocenters. The number of rotatable bonds is 4. The molecule has 1 atom stereocenters. The van der Waals surface area contributed by atoms with Crippen molar-refractivity contribution in [2.24, 2.45) is 0 Å². The average Bonchev–Trinajstić information content (AvgIpc) is 3.27. The van der Waals surface area contributed by atoms with Crippen LogP contribution in [0, 0.1) is 0 Å². The summed E-state index contributed by atoms with van der Waals surface area (Å²) in [6, 6.07) is 9.54. The van der Waals surface area contributed by atoms with Gasteiger partial charge < -0.3 is 24.5 Å². The summed E-state index contributed by atoms with van der Waals surface area (Å²) in [4.78, 5) is 28.6. The minimum Gasteiger partial charge on any atom is -0.507 e. The summed E-state index contributed by atoms with van der Waals surface area (Å²) in [5.74, 6) is 0.432. The molecular weight excluding hydrogens is 528 g/mol. The number of nitrogens with one attached hydrogen (secondary N) is 1. The van der Waals surface area contributed by atoms with E-state index in [1.165, 1.54) is 11.8 Å². The molecule has 0 aliphatic carbocycles. The fourth-order valence-electron chi connectivity index (χ4n) is 3.73. The first-order valence-corrected chi connectivity index (χ1v) is 13.5. The van der Waals surface area contributed by atoms with Crippen molar-refractivity contribution in [2.75, 3.05) is 10.7 Å². The Kier molecular flexibility index (Phi) is 7.67. The van der Waals surface area contributed by atoms with E-state index in [-0.39, 0.29) is 35.3 Å². The highest BCUT2D eigenvalue weighted by molar-refractivity contribution is 7.99. The molecule has 0 radical (unpaired) electrons. The number of alkyl carbamates (subject to hydrolysis) is 1. The lowest BCUT2D eigenvalue weighted by atomic mass is 9.97. The molecule has 0 bridgehead atoms. The number of anilines is 1. The number of halogens is 1. The molecule has 38 heavy (non-hydrogen) atoms. The van der Waals surface area contributed by atoms with Crippen molar-refractivity contribution < 1.29 is 23.8 Å². The van der Waals surface area contributed by atoms with Crippen LogP contribution in [-0.2, 0) is 21.5 Å². The zero-order valence-corrected chi connectivity index (χ0v) is 23.7. The van der Waals surface area contributed by atoms with Crippen LogP contribution < -0.4 is 10.2 Å². The van der Waals surface area contributed by atoms with E-state index in [1.807, 2.05) is 32.9 Å². The maximum Gasteiger partial charge on any atom is 0.408 e. The Hall–Kier alpha value is -3.24. The van der Waals surface area contributed by atoms with Crippen LogP contribution in [0.25, 0.3) is 11.5 Å². The molecule has 1 aromatic heterocycles. The fourth-order valence-corrected chi connectivity index (χ4v) is 4.94. The number of nitrogens with zero attached hydrogens (tertiary/aromatic N) is 3. The molecule has 0 fully saturated rings. The summed E-state index contributed by atoms with van der Waals surface area (Å²) in [6.07, 6.45) is -0.682. The maximum atomic E-state index is 13.9. The van der Waals surface area contributed by atoms with Crippen molar-refractivity contribution in [1.29, 1.82) is 0 Å². The zero-order valence-electron chi connectivity index (χ0n) is 22.2. The van der Waals surface area contributed by atoms with E-state index in [4.69, 9.17) is 20.8 Å². The van der Waals surface area contributed by atoms with E-state index >= 15 is 0 Å². The Labute approximate surface area is 230 Å². The summed E-state index contributed by atoms with van der Waals surface area (Å²) in [7, 11) is 0. The molecule has 11 heteroatoms. The number of thioether (sulfide) groups is 1. The van der Waals surface area contributed by atoms with E-state index in [0.717, 1.165) is 5.56 Å². The zero-order chi connectivity index (χ0) is 27.8. The number of fused-ring (bicyclic) bond motifs is 1. The van der Waals surface area contributed by atoms with Crippen LogP contribution in [0.5, 0.6) is 5.75 Å². The minimum atomic E-state index is -0.865. The van der Waals surface area contributed by atoms with Gasteiger partial charge in [-0.15, -0.1) is 22.0 Å². The summed E-state index contributed by atoms with van der Waals surface area (Å²) >= 11 is 7.41. The van der Waals surface area contributed by atoms with Crippen LogP contribution in [-0.4, -0.2) is 44.7 Å². The van der Waals surface area contributed by atoms with Crippen LogP contribution in [0.1, 0.15) is 53.0 Å². The van der Waals surface area contributed by atoms with Gasteiger partial charge in [-0.2, -0.15) is 0 Å². The third-order valence-electron chi connectivity index (χ3n) is 5.58. The molecule has 2 heterocycles. The Bertz CT molecular complexity index is 1340. The molecule has 2 amide bonds. The van der Waals surface area contributed by atoms with Gasteiger partial charge in [0.25, 0.3) is 11.8 Å². The Morgan fingerprint density at radius 1 is 1.18 bits per heavy atom. The molecule has 3 aromatic rings. The Morgan fingerprint density at radius 3 is 2.47 bits per heavy atom. The second kappa shape index (κ2) is 10.5. The van der Waals surface area contributed by atoms with Crippen LogP contribution >= 0.6 is 23.4 Å². The predicted octanol–water partition coefficient (Wildman–Crippen LogP) is 5.93. The molecule has 1 aliphatic heterocycles. The SMILES string of the molecule is CC(C)(C)OC(=O)N[C@H]1CSc2cc(O)c(-c3nnc(C(C)(C)C)o3)cc2N(Cc2ccc(Cl)cc2)C1=O. The summed E-state index contributed by atoms with van der Waals surface area (Å²) in [5, 5.41) is 22.4. The van der Waals surface area contributed by atoms with Crippen molar-refractivity contribution in [2.45, 2.75) is 70.0 Å². The number of amides is 2. The van der Waals surface area contributed by atoms with Gasteiger partial charge in [-0.1, -0.05) is 44.5 Å². The second-order valence-corrected chi connectivity index (χ2v) is 12.6. The standard InChI is InChI=1S/C27H31ClN4O5S/c1-26(2,3)24-31-30-22(36-24)17-11-19-21(12-20(17)33)38-14-18(29-25(35)37-27(4,5)6)23(34)32(19)13-15-7-9-16(28)10-8-15/h7-12,18,33H,13-14H2,1-6H3,(H,29,35)/t18-/m0/s1. The number of ether oxygens (including phenoxy) is 1. The monoisotopic (exact) mass is 558 g/mol. The molecule has 2 aromatic carbocycles. The molecule has 1 aliphatic rings. The lowest BCUT2D eigenvalue weighted by Crippen LogP contribution is -2.50. The maximum absolute atomic E-state index is 13.9. The number of hydrogen-bond acceptors (Lipinski definition) is 8. The van der Waals surface area contributed by atoms with Gasteiger partial charge in [0.2, 0.25) is 5.89 Å². The van der Waals surface area contributed by atoms with E-state index in [9.17, 15) is 14.7 Å². The molecule has 0 saturated carbocycles. The minimum absolute atomic E-state index is 0.0576. The normalized spacial score (nSPS) is 16.1. The highest BCUT2D eigenvalue weighted by atomic mass is 35.5. The molecule has 9 nitrogen and oxygen atoms in total. The third-order valence-corrected chi connectivity index (χ3v) is 6.97. The highest BCUT2D eigenvalue weighted by Crippen LogP contribution is 2.43. The largest absolute Gasteiger partial charge is 0.507 e. The summed E-state index contributed by atoms with van der Waals surface area (Å²) in [6.45, 7) is 11.3.